The first kappa shape index (κ1) is 20.3. The average Bonchev–Trinajstić information content (AvgIpc) is 3.19. The van der Waals surface area contributed by atoms with Gasteiger partial charge in [0.15, 0.2) is 5.82 Å². The van der Waals surface area contributed by atoms with Gasteiger partial charge in [-0.1, -0.05) is 31.8 Å². The second-order valence-corrected chi connectivity index (χ2v) is 10.1. The maximum absolute atomic E-state index is 12.4. The minimum atomic E-state index is -3.37. The highest BCUT2D eigenvalue weighted by Crippen LogP contribution is 2.29. The fourth-order valence-electron chi connectivity index (χ4n) is 3.86. The predicted octanol–water partition coefficient (Wildman–Crippen LogP) is 1.79. The van der Waals surface area contributed by atoms with E-state index in [0.717, 1.165) is 12.8 Å². The van der Waals surface area contributed by atoms with E-state index in [2.05, 4.69) is 10.1 Å². The Hall–Kier alpha value is -1.48. The molecule has 1 saturated carbocycles. The van der Waals surface area contributed by atoms with Gasteiger partial charge in [0.1, 0.15) is 0 Å². The third kappa shape index (κ3) is 5.07. The number of likely N-dealkylation sites (tertiary alicyclic amines) is 1. The van der Waals surface area contributed by atoms with Crippen LogP contribution in [0.25, 0.3) is 0 Å². The molecule has 2 fully saturated rings. The van der Waals surface area contributed by atoms with Crippen molar-refractivity contribution in [1.82, 2.24) is 19.3 Å². The maximum Gasteiger partial charge on any atom is 0.229 e. The zero-order valence-corrected chi connectivity index (χ0v) is 17.2. The summed E-state index contributed by atoms with van der Waals surface area (Å²) in [4.78, 5) is 18.5. The second-order valence-electron chi connectivity index (χ2n) is 8.13. The van der Waals surface area contributed by atoms with E-state index in [1.165, 1.54) is 23.4 Å². The van der Waals surface area contributed by atoms with Gasteiger partial charge in [0.05, 0.1) is 12.3 Å². The number of carbonyl (C=O) groups excluding carboxylic acids is 1. The topological polar surface area (TPSA) is 96.6 Å². The van der Waals surface area contributed by atoms with Crippen LogP contribution in [0.1, 0.15) is 63.6 Å². The maximum atomic E-state index is 12.4. The van der Waals surface area contributed by atoms with Crippen LogP contribution in [0.15, 0.2) is 4.52 Å². The normalized spacial score (nSPS) is 19.2. The summed E-state index contributed by atoms with van der Waals surface area (Å²) in [6, 6.07) is -0.163. The largest absolute Gasteiger partial charge is 0.339 e. The van der Waals surface area contributed by atoms with E-state index in [9.17, 15) is 13.2 Å². The lowest BCUT2D eigenvalue weighted by Crippen LogP contribution is -2.62. The highest BCUT2D eigenvalue weighted by molar-refractivity contribution is 7.88. The number of carbonyl (C=O) groups is 1. The van der Waals surface area contributed by atoms with Gasteiger partial charge in [-0.25, -0.2) is 8.42 Å². The van der Waals surface area contributed by atoms with E-state index in [1.807, 2.05) is 13.8 Å². The molecular formula is C18H30N4O4S. The summed E-state index contributed by atoms with van der Waals surface area (Å²) in [5.74, 6) is 1.88. The van der Waals surface area contributed by atoms with Gasteiger partial charge in [-0.05, 0) is 18.8 Å². The van der Waals surface area contributed by atoms with Crippen molar-refractivity contribution in [3.05, 3.63) is 11.7 Å². The van der Waals surface area contributed by atoms with Gasteiger partial charge in [0, 0.05) is 38.4 Å². The van der Waals surface area contributed by atoms with Crippen LogP contribution < -0.4 is 0 Å². The standard InChI is InChI=1S/C18H30N4O4S/c1-13(2)18-19-16(20-26-18)8-9-22(27(3,24)25)15-11-21(12-15)17(23)10-14-6-4-5-7-14/h13-15H,4-12H2,1-3H3. The summed E-state index contributed by atoms with van der Waals surface area (Å²) in [7, 11) is -3.37. The third-order valence-corrected chi connectivity index (χ3v) is 6.85. The van der Waals surface area contributed by atoms with Crippen LogP contribution in [0, 0.1) is 5.92 Å². The van der Waals surface area contributed by atoms with Gasteiger partial charge in [-0.3, -0.25) is 4.79 Å². The molecule has 8 nitrogen and oxygen atoms in total. The molecule has 1 aromatic heterocycles. The molecule has 1 aliphatic carbocycles. The number of sulfonamides is 1. The summed E-state index contributed by atoms with van der Waals surface area (Å²) in [6.07, 6.45) is 6.94. The fraction of sp³-hybridized carbons (Fsp3) is 0.833. The molecular weight excluding hydrogens is 368 g/mol. The average molecular weight is 399 g/mol. The van der Waals surface area contributed by atoms with Crippen molar-refractivity contribution in [1.29, 1.82) is 0 Å². The van der Waals surface area contributed by atoms with Gasteiger partial charge >= 0.3 is 0 Å². The third-order valence-electron chi connectivity index (χ3n) is 5.52. The Balaban J connectivity index is 1.52. The number of hydrogen-bond acceptors (Lipinski definition) is 6. The van der Waals surface area contributed by atoms with Gasteiger partial charge in [0.25, 0.3) is 0 Å². The summed E-state index contributed by atoms with van der Waals surface area (Å²) in [6.45, 7) is 5.17. The van der Waals surface area contributed by atoms with Crippen LogP contribution in [0.2, 0.25) is 0 Å². The van der Waals surface area contributed by atoms with E-state index in [-0.39, 0.29) is 17.9 Å². The highest BCUT2D eigenvalue weighted by atomic mass is 32.2. The zero-order chi connectivity index (χ0) is 19.6. The lowest BCUT2D eigenvalue weighted by atomic mass is 10.0. The molecule has 0 spiro atoms. The zero-order valence-electron chi connectivity index (χ0n) is 16.4. The first-order valence-corrected chi connectivity index (χ1v) is 11.7. The number of aromatic nitrogens is 2. The number of amides is 1. The number of nitrogens with zero attached hydrogens (tertiary/aromatic N) is 4. The van der Waals surface area contributed by atoms with E-state index in [4.69, 9.17) is 4.52 Å². The molecule has 1 saturated heterocycles. The molecule has 0 N–H and O–H groups in total. The smallest absolute Gasteiger partial charge is 0.229 e. The first-order chi connectivity index (χ1) is 12.7. The van der Waals surface area contributed by atoms with Crippen LogP contribution in [0.3, 0.4) is 0 Å². The minimum Gasteiger partial charge on any atom is -0.339 e. The van der Waals surface area contributed by atoms with Crippen molar-refractivity contribution in [2.75, 3.05) is 25.9 Å². The highest BCUT2D eigenvalue weighted by Gasteiger charge is 2.39. The van der Waals surface area contributed by atoms with Crippen molar-refractivity contribution in [3.8, 4) is 0 Å². The van der Waals surface area contributed by atoms with Gasteiger partial charge < -0.3 is 9.42 Å². The summed E-state index contributed by atoms with van der Waals surface area (Å²) < 4.78 is 31.1. The Morgan fingerprint density at radius 1 is 1.30 bits per heavy atom. The van der Waals surface area contributed by atoms with E-state index in [1.54, 1.807) is 4.90 Å². The van der Waals surface area contributed by atoms with Crippen LogP contribution in [-0.4, -0.2) is 65.6 Å². The van der Waals surface area contributed by atoms with Crippen molar-refractivity contribution >= 4 is 15.9 Å². The SMILES string of the molecule is CC(C)c1nc(CCN(C2CN(C(=O)CC3CCCC3)C2)S(C)(=O)=O)no1. The fourth-order valence-corrected chi connectivity index (χ4v) is 4.96. The van der Waals surface area contributed by atoms with Crippen LogP contribution in [0.4, 0.5) is 0 Å². The molecule has 0 radical (unpaired) electrons. The van der Waals surface area contributed by atoms with Crippen LogP contribution in [0.5, 0.6) is 0 Å². The lowest BCUT2D eigenvalue weighted by Gasteiger charge is -2.44. The van der Waals surface area contributed by atoms with Crippen molar-refractivity contribution < 1.29 is 17.7 Å². The van der Waals surface area contributed by atoms with E-state index < -0.39 is 10.0 Å². The summed E-state index contributed by atoms with van der Waals surface area (Å²) in [5, 5.41) is 3.92. The molecule has 1 amide bonds. The number of hydrogen-bond donors (Lipinski definition) is 0. The van der Waals surface area contributed by atoms with E-state index in [0.29, 0.717) is 50.1 Å². The molecule has 2 heterocycles. The lowest BCUT2D eigenvalue weighted by molar-refractivity contribution is -0.138. The van der Waals surface area contributed by atoms with Crippen molar-refractivity contribution in [3.63, 3.8) is 0 Å². The monoisotopic (exact) mass is 398 g/mol. The van der Waals surface area contributed by atoms with Crippen molar-refractivity contribution in [2.45, 2.75) is 64.3 Å². The quantitative estimate of drug-likeness (QED) is 0.662. The molecule has 2 aliphatic rings. The van der Waals surface area contributed by atoms with E-state index >= 15 is 0 Å². The molecule has 9 heteroatoms. The molecule has 0 unspecified atom stereocenters. The second kappa shape index (κ2) is 8.26. The minimum absolute atomic E-state index is 0.142. The first-order valence-electron chi connectivity index (χ1n) is 9.81. The summed E-state index contributed by atoms with van der Waals surface area (Å²) in [5.41, 5.74) is 0. The van der Waals surface area contributed by atoms with Gasteiger partial charge in [-0.2, -0.15) is 9.29 Å². The Morgan fingerprint density at radius 2 is 1.96 bits per heavy atom. The summed E-state index contributed by atoms with van der Waals surface area (Å²) >= 11 is 0. The van der Waals surface area contributed by atoms with Crippen LogP contribution in [-0.2, 0) is 21.2 Å². The Kier molecular flexibility index (Phi) is 6.20. The Labute approximate surface area is 161 Å². The molecule has 0 aromatic carbocycles. The molecule has 3 rings (SSSR count). The Morgan fingerprint density at radius 3 is 2.52 bits per heavy atom. The molecule has 1 aromatic rings. The van der Waals surface area contributed by atoms with Crippen molar-refractivity contribution in [2.24, 2.45) is 5.92 Å². The molecule has 0 bridgehead atoms. The molecule has 1 aliphatic heterocycles. The van der Waals surface area contributed by atoms with Crippen LogP contribution >= 0.6 is 0 Å². The predicted molar refractivity (Wildman–Crippen MR) is 101 cm³/mol. The molecule has 152 valence electrons. The van der Waals surface area contributed by atoms with Gasteiger partial charge in [-0.15, -0.1) is 0 Å². The number of rotatable bonds is 8. The Bertz CT molecular complexity index is 749. The molecule has 0 atom stereocenters. The van der Waals surface area contributed by atoms with Gasteiger partial charge in [0.2, 0.25) is 21.8 Å². The molecule has 27 heavy (non-hydrogen) atoms.